The summed E-state index contributed by atoms with van der Waals surface area (Å²) in [4.78, 5) is 0. The Hall–Kier alpha value is -0.770. The van der Waals surface area contributed by atoms with Crippen LogP contribution < -0.4 is 10.1 Å². The van der Waals surface area contributed by atoms with Crippen molar-refractivity contribution < 1.29 is 9.47 Å². The average Bonchev–Trinajstić information content (AvgIpc) is 2.24. The van der Waals surface area contributed by atoms with Gasteiger partial charge in [0.2, 0.25) is 0 Å². The van der Waals surface area contributed by atoms with Crippen molar-refractivity contribution in [1.29, 1.82) is 0 Å². The van der Waals surface area contributed by atoms with E-state index in [-0.39, 0.29) is 12.1 Å². The van der Waals surface area contributed by atoms with Gasteiger partial charge in [-0.15, -0.1) is 0 Å². The number of rotatable bonds is 5. The SMILES string of the molecule is CCNC(C)c1ccc(OC2COC2)cc1Cl. The summed E-state index contributed by atoms with van der Waals surface area (Å²) in [6.07, 6.45) is 0.183. The zero-order valence-electron chi connectivity index (χ0n) is 10.2. The van der Waals surface area contributed by atoms with Gasteiger partial charge in [0.15, 0.2) is 0 Å². The molecule has 0 radical (unpaired) electrons. The maximum Gasteiger partial charge on any atom is 0.145 e. The van der Waals surface area contributed by atoms with E-state index >= 15 is 0 Å². The fraction of sp³-hybridized carbons (Fsp3) is 0.538. The van der Waals surface area contributed by atoms with Crippen molar-refractivity contribution >= 4 is 11.6 Å². The van der Waals surface area contributed by atoms with Gasteiger partial charge in [0.1, 0.15) is 11.9 Å². The molecular formula is C13H18ClNO2. The Bertz CT molecular complexity index is 380. The second kappa shape index (κ2) is 5.71. The molecule has 1 heterocycles. The molecule has 0 aromatic heterocycles. The number of ether oxygens (including phenoxy) is 2. The van der Waals surface area contributed by atoms with Gasteiger partial charge >= 0.3 is 0 Å². The van der Waals surface area contributed by atoms with Crippen LogP contribution in [0.3, 0.4) is 0 Å². The number of halogens is 1. The minimum atomic E-state index is 0.183. The third-order valence-electron chi connectivity index (χ3n) is 2.86. The van der Waals surface area contributed by atoms with Gasteiger partial charge in [-0.3, -0.25) is 0 Å². The Morgan fingerprint density at radius 2 is 2.29 bits per heavy atom. The average molecular weight is 256 g/mol. The van der Waals surface area contributed by atoms with E-state index in [2.05, 4.69) is 19.2 Å². The summed E-state index contributed by atoms with van der Waals surface area (Å²) in [7, 11) is 0. The van der Waals surface area contributed by atoms with Gasteiger partial charge in [0.05, 0.1) is 13.2 Å². The molecule has 1 unspecified atom stereocenters. The lowest BCUT2D eigenvalue weighted by Crippen LogP contribution is -2.38. The zero-order valence-corrected chi connectivity index (χ0v) is 11.0. The van der Waals surface area contributed by atoms with Crippen molar-refractivity contribution in [2.75, 3.05) is 19.8 Å². The maximum atomic E-state index is 6.25. The van der Waals surface area contributed by atoms with Gasteiger partial charge in [-0.2, -0.15) is 0 Å². The van der Waals surface area contributed by atoms with Gasteiger partial charge in [-0.05, 0) is 31.2 Å². The van der Waals surface area contributed by atoms with E-state index in [1.54, 1.807) is 0 Å². The second-order valence-electron chi connectivity index (χ2n) is 4.24. The van der Waals surface area contributed by atoms with E-state index in [9.17, 15) is 0 Å². The molecule has 17 heavy (non-hydrogen) atoms. The van der Waals surface area contributed by atoms with Crippen LogP contribution in [0.4, 0.5) is 0 Å². The van der Waals surface area contributed by atoms with E-state index in [1.807, 2.05) is 18.2 Å². The van der Waals surface area contributed by atoms with Crippen LogP contribution in [0.5, 0.6) is 5.75 Å². The van der Waals surface area contributed by atoms with E-state index in [0.717, 1.165) is 22.9 Å². The normalized spacial score (nSPS) is 17.6. The lowest BCUT2D eigenvalue weighted by Gasteiger charge is -2.27. The molecule has 1 aliphatic rings. The molecule has 0 amide bonds. The summed E-state index contributed by atoms with van der Waals surface area (Å²) in [6.45, 7) is 6.46. The van der Waals surface area contributed by atoms with Crippen molar-refractivity contribution in [2.24, 2.45) is 0 Å². The van der Waals surface area contributed by atoms with Crippen LogP contribution in [0.25, 0.3) is 0 Å². The molecule has 1 fully saturated rings. The van der Waals surface area contributed by atoms with Crippen LogP contribution >= 0.6 is 11.6 Å². The molecule has 94 valence electrons. The molecule has 4 heteroatoms. The smallest absolute Gasteiger partial charge is 0.145 e. The highest BCUT2D eigenvalue weighted by Gasteiger charge is 2.20. The van der Waals surface area contributed by atoms with Crippen molar-refractivity contribution in [3.63, 3.8) is 0 Å². The topological polar surface area (TPSA) is 30.5 Å². The molecule has 0 saturated carbocycles. The monoisotopic (exact) mass is 255 g/mol. The van der Waals surface area contributed by atoms with E-state index in [4.69, 9.17) is 21.1 Å². The fourth-order valence-electron chi connectivity index (χ4n) is 1.82. The Labute approximate surface area is 107 Å². The van der Waals surface area contributed by atoms with E-state index in [0.29, 0.717) is 13.2 Å². The van der Waals surface area contributed by atoms with Crippen molar-refractivity contribution in [3.05, 3.63) is 28.8 Å². The van der Waals surface area contributed by atoms with Crippen molar-refractivity contribution in [2.45, 2.75) is 26.0 Å². The van der Waals surface area contributed by atoms with Gasteiger partial charge in [-0.1, -0.05) is 24.6 Å². The summed E-state index contributed by atoms with van der Waals surface area (Å²) < 4.78 is 10.8. The number of hydrogen-bond donors (Lipinski definition) is 1. The standard InChI is InChI=1S/C13H18ClNO2/c1-3-15-9(2)12-5-4-10(6-13(12)14)17-11-7-16-8-11/h4-6,9,11,15H,3,7-8H2,1-2H3. The Kier molecular flexibility index (Phi) is 4.26. The zero-order chi connectivity index (χ0) is 12.3. The second-order valence-corrected chi connectivity index (χ2v) is 4.65. The van der Waals surface area contributed by atoms with Crippen LogP contribution in [0.15, 0.2) is 18.2 Å². The molecule has 2 rings (SSSR count). The molecule has 0 spiro atoms. The third kappa shape index (κ3) is 3.12. The van der Waals surface area contributed by atoms with Crippen molar-refractivity contribution in [1.82, 2.24) is 5.32 Å². The highest BCUT2D eigenvalue weighted by atomic mass is 35.5. The van der Waals surface area contributed by atoms with Crippen LogP contribution in [0, 0.1) is 0 Å². The predicted octanol–water partition coefficient (Wildman–Crippen LogP) is 2.79. The largest absolute Gasteiger partial charge is 0.486 e. The number of nitrogens with one attached hydrogen (secondary N) is 1. The summed E-state index contributed by atoms with van der Waals surface area (Å²) in [5, 5.41) is 4.09. The van der Waals surface area contributed by atoms with E-state index in [1.165, 1.54) is 0 Å². The summed E-state index contributed by atoms with van der Waals surface area (Å²) >= 11 is 6.25. The fourth-order valence-corrected chi connectivity index (χ4v) is 2.16. The van der Waals surface area contributed by atoms with Gasteiger partial charge in [0, 0.05) is 11.1 Å². The molecule has 1 N–H and O–H groups in total. The molecule has 3 nitrogen and oxygen atoms in total. The maximum absolute atomic E-state index is 6.25. The molecule has 1 aliphatic heterocycles. The lowest BCUT2D eigenvalue weighted by molar-refractivity contribution is -0.0796. The van der Waals surface area contributed by atoms with Gasteiger partial charge < -0.3 is 14.8 Å². The first-order chi connectivity index (χ1) is 8.20. The van der Waals surface area contributed by atoms with Crippen LogP contribution in [0.1, 0.15) is 25.5 Å². The van der Waals surface area contributed by atoms with Gasteiger partial charge in [-0.25, -0.2) is 0 Å². The van der Waals surface area contributed by atoms with Gasteiger partial charge in [0.25, 0.3) is 0 Å². The molecule has 1 aromatic carbocycles. The third-order valence-corrected chi connectivity index (χ3v) is 3.19. The predicted molar refractivity (Wildman–Crippen MR) is 68.8 cm³/mol. The van der Waals surface area contributed by atoms with Crippen LogP contribution in [0.2, 0.25) is 5.02 Å². The minimum Gasteiger partial charge on any atom is -0.486 e. The van der Waals surface area contributed by atoms with Crippen LogP contribution in [-0.4, -0.2) is 25.9 Å². The van der Waals surface area contributed by atoms with Crippen molar-refractivity contribution in [3.8, 4) is 5.75 Å². The molecular weight excluding hydrogens is 238 g/mol. The molecule has 1 saturated heterocycles. The first-order valence-electron chi connectivity index (χ1n) is 5.98. The Morgan fingerprint density at radius 3 is 2.82 bits per heavy atom. The number of hydrogen-bond acceptors (Lipinski definition) is 3. The highest BCUT2D eigenvalue weighted by Crippen LogP contribution is 2.28. The highest BCUT2D eigenvalue weighted by molar-refractivity contribution is 6.31. The summed E-state index contributed by atoms with van der Waals surface area (Å²) in [5.41, 5.74) is 1.10. The summed E-state index contributed by atoms with van der Waals surface area (Å²) in [6, 6.07) is 6.12. The molecule has 0 bridgehead atoms. The molecule has 1 atom stereocenters. The molecule has 0 aliphatic carbocycles. The lowest BCUT2D eigenvalue weighted by atomic mass is 10.1. The molecule has 1 aromatic rings. The van der Waals surface area contributed by atoms with E-state index < -0.39 is 0 Å². The minimum absolute atomic E-state index is 0.183. The number of benzene rings is 1. The Balaban J connectivity index is 2.04. The first-order valence-corrected chi connectivity index (χ1v) is 6.35. The quantitative estimate of drug-likeness (QED) is 0.878. The Morgan fingerprint density at radius 1 is 1.53 bits per heavy atom. The van der Waals surface area contributed by atoms with Crippen LogP contribution in [-0.2, 0) is 4.74 Å². The first kappa shape index (κ1) is 12.7. The summed E-state index contributed by atoms with van der Waals surface area (Å²) in [5.74, 6) is 0.816.